The molecule has 0 amide bonds. The Hall–Kier alpha value is -0.420. The third-order valence-electron chi connectivity index (χ3n) is 2.11. The molecule has 1 aromatic heterocycles. The van der Waals surface area contributed by atoms with Crippen LogP contribution in [0.1, 0.15) is 6.92 Å². The summed E-state index contributed by atoms with van der Waals surface area (Å²) in [4.78, 5) is 3.21. The number of pyridine rings is 1. The van der Waals surface area contributed by atoms with Crippen LogP contribution in [0.5, 0.6) is 0 Å². The molecular formula is C11H10INS. The van der Waals surface area contributed by atoms with Crippen molar-refractivity contribution < 1.29 is 0 Å². The van der Waals surface area contributed by atoms with Crippen molar-refractivity contribution >= 4 is 47.0 Å². The zero-order valence-electron chi connectivity index (χ0n) is 7.75. The lowest BCUT2D eigenvalue weighted by molar-refractivity contribution is 1.09. The van der Waals surface area contributed by atoms with Crippen LogP contribution in [0.3, 0.4) is 0 Å². The quantitative estimate of drug-likeness (QED) is 0.440. The number of alkyl halides is 1. The van der Waals surface area contributed by atoms with E-state index in [1.54, 1.807) is 0 Å². The Bertz CT molecular complexity index is 551. The van der Waals surface area contributed by atoms with E-state index in [2.05, 4.69) is 58.8 Å². The van der Waals surface area contributed by atoms with E-state index in [0.29, 0.717) is 0 Å². The fourth-order valence-corrected chi connectivity index (χ4v) is 2.13. The minimum absolute atomic E-state index is 0.0547. The highest BCUT2D eigenvalue weighted by Crippen LogP contribution is 2.21. The van der Waals surface area contributed by atoms with Gasteiger partial charge in [0.1, 0.15) is 4.64 Å². The van der Waals surface area contributed by atoms with E-state index < -0.39 is 0 Å². The SMILES string of the molecule is CC1(I)C=CC=c2ccc(=S)[nH]c2=C1. The van der Waals surface area contributed by atoms with Gasteiger partial charge in [0, 0.05) is 5.35 Å². The van der Waals surface area contributed by atoms with Crippen molar-refractivity contribution in [3.05, 3.63) is 39.5 Å². The largest absolute Gasteiger partial charge is 0.346 e. The van der Waals surface area contributed by atoms with Crippen LogP contribution in [0.2, 0.25) is 0 Å². The first kappa shape index (κ1) is 10.1. The van der Waals surface area contributed by atoms with Gasteiger partial charge in [-0.1, -0.05) is 53.0 Å². The molecule has 1 heterocycles. The number of nitrogens with one attached hydrogen (secondary N) is 1. The van der Waals surface area contributed by atoms with Crippen molar-refractivity contribution in [2.24, 2.45) is 0 Å². The average Bonchev–Trinajstić information content (AvgIpc) is 2.21. The lowest BCUT2D eigenvalue weighted by Gasteiger charge is -2.10. The number of aromatic amines is 1. The molecule has 1 aliphatic carbocycles. The lowest BCUT2D eigenvalue weighted by atomic mass is 10.1. The fraction of sp³-hybridized carbons (Fsp3) is 0.182. The molecule has 3 heteroatoms. The van der Waals surface area contributed by atoms with Crippen molar-refractivity contribution in [2.45, 2.75) is 10.3 Å². The second kappa shape index (κ2) is 3.62. The molecule has 1 unspecified atom stereocenters. The van der Waals surface area contributed by atoms with E-state index in [0.717, 1.165) is 9.99 Å². The van der Waals surface area contributed by atoms with Gasteiger partial charge in [0.2, 0.25) is 0 Å². The van der Waals surface area contributed by atoms with Crippen LogP contribution in [0, 0.1) is 4.64 Å². The van der Waals surface area contributed by atoms with Crippen LogP contribution in [-0.2, 0) is 0 Å². The molecule has 0 aromatic carbocycles. The summed E-state index contributed by atoms with van der Waals surface area (Å²) in [5.41, 5.74) is 0. The monoisotopic (exact) mass is 315 g/mol. The molecule has 0 aliphatic heterocycles. The third-order valence-corrected chi connectivity index (χ3v) is 3.02. The number of allylic oxidation sites excluding steroid dienone is 2. The third kappa shape index (κ3) is 2.15. The van der Waals surface area contributed by atoms with Crippen LogP contribution in [0.15, 0.2) is 24.3 Å². The van der Waals surface area contributed by atoms with Crippen LogP contribution in [-0.4, -0.2) is 8.41 Å². The molecule has 1 nitrogen and oxygen atoms in total. The highest BCUT2D eigenvalue weighted by molar-refractivity contribution is 14.1. The Labute approximate surface area is 101 Å². The molecule has 0 bridgehead atoms. The molecule has 0 saturated heterocycles. The lowest BCUT2D eigenvalue weighted by Crippen LogP contribution is -2.29. The maximum atomic E-state index is 5.10. The first-order valence-corrected chi connectivity index (χ1v) is 5.86. The normalized spacial score (nSPS) is 24.4. The predicted octanol–water partition coefficient (Wildman–Crippen LogP) is 2.07. The average molecular weight is 315 g/mol. The van der Waals surface area contributed by atoms with Crippen LogP contribution < -0.4 is 10.6 Å². The summed E-state index contributed by atoms with van der Waals surface area (Å²) in [6.45, 7) is 2.16. The number of aromatic nitrogens is 1. The van der Waals surface area contributed by atoms with E-state index in [9.17, 15) is 0 Å². The van der Waals surface area contributed by atoms with Crippen LogP contribution >= 0.6 is 34.8 Å². The molecule has 0 fully saturated rings. The summed E-state index contributed by atoms with van der Waals surface area (Å²) in [5.74, 6) is 0. The van der Waals surface area contributed by atoms with Crippen molar-refractivity contribution in [2.75, 3.05) is 0 Å². The topological polar surface area (TPSA) is 15.8 Å². The number of rotatable bonds is 0. The van der Waals surface area contributed by atoms with Crippen molar-refractivity contribution in [1.82, 2.24) is 4.98 Å². The summed E-state index contributed by atoms with van der Waals surface area (Å²) < 4.78 is 0.835. The minimum atomic E-state index is 0.0547. The standard InChI is InChI=1S/C11H10INS/c1-11(12)6-2-3-8-4-5-10(14)13-9(8)7-11/h2-7H,1H3,(H,13,14). The fourth-order valence-electron chi connectivity index (χ4n) is 1.44. The zero-order chi connectivity index (χ0) is 10.2. The van der Waals surface area contributed by atoms with Crippen molar-refractivity contribution in [3.8, 4) is 0 Å². The second-order valence-electron chi connectivity index (χ2n) is 3.51. The van der Waals surface area contributed by atoms with Gasteiger partial charge in [-0.25, -0.2) is 0 Å². The Morgan fingerprint density at radius 3 is 3.00 bits per heavy atom. The van der Waals surface area contributed by atoms with E-state index in [1.165, 1.54) is 5.22 Å². The number of H-pyrrole nitrogens is 1. The Kier molecular flexibility index (Phi) is 2.62. The summed E-state index contributed by atoms with van der Waals surface area (Å²) in [5, 5.41) is 2.30. The molecule has 72 valence electrons. The van der Waals surface area contributed by atoms with Gasteiger partial charge in [-0.3, -0.25) is 0 Å². The Balaban J connectivity index is 2.84. The first-order chi connectivity index (χ1) is 6.57. The summed E-state index contributed by atoms with van der Waals surface area (Å²) >= 11 is 7.51. The number of hydrogen-bond acceptors (Lipinski definition) is 1. The first-order valence-electron chi connectivity index (χ1n) is 4.38. The molecule has 1 atom stereocenters. The highest BCUT2D eigenvalue weighted by atomic mass is 127. The van der Waals surface area contributed by atoms with Gasteiger partial charge in [-0.15, -0.1) is 0 Å². The molecule has 1 aromatic rings. The summed E-state index contributed by atoms with van der Waals surface area (Å²) in [7, 11) is 0. The van der Waals surface area contributed by atoms with Crippen molar-refractivity contribution in [1.29, 1.82) is 0 Å². The number of halogens is 1. The number of fused-ring (bicyclic) bond motifs is 1. The highest BCUT2D eigenvalue weighted by Gasteiger charge is 2.12. The molecule has 14 heavy (non-hydrogen) atoms. The van der Waals surface area contributed by atoms with Gasteiger partial charge in [0.15, 0.2) is 0 Å². The van der Waals surface area contributed by atoms with Crippen LogP contribution in [0.25, 0.3) is 12.2 Å². The molecular weight excluding hydrogens is 305 g/mol. The smallest absolute Gasteiger partial charge is 0.103 e. The molecule has 0 spiro atoms. The van der Waals surface area contributed by atoms with E-state index in [1.807, 2.05) is 12.1 Å². The number of hydrogen-bond donors (Lipinski definition) is 1. The van der Waals surface area contributed by atoms with Gasteiger partial charge in [0.05, 0.1) is 3.42 Å². The molecule has 0 saturated carbocycles. The van der Waals surface area contributed by atoms with E-state index >= 15 is 0 Å². The van der Waals surface area contributed by atoms with Crippen LogP contribution in [0.4, 0.5) is 0 Å². The van der Waals surface area contributed by atoms with Crippen molar-refractivity contribution in [3.63, 3.8) is 0 Å². The maximum Gasteiger partial charge on any atom is 0.103 e. The zero-order valence-corrected chi connectivity index (χ0v) is 10.7. The van der Waals surface area contributed by atoms with Gasteiger partial charge >= 0.3 is 0 Å². The van der Waals surface area contributed by atoms with E-state index in [4.69, 9.17) is 12.2 Å². The predicted molar refractivity (Wildman–Crippen MR) is 71.4 cm³/mol. The molecule has 1 N–H and O–H groups in total. The Morgan fingerprint density at radius 2 is 2.21 bits per heavy atom. The molecule has 1 aliphatic rings. The second-order valence-corrected chi connectivity index (χ2v) is 6.28. The summed E-state index contributed by atoms with van der Waals surface area (Å²) in [6.07, 6.45) is 8.55. The maximum absolute atomic E-state index is 5.10. The Morgan fingerprint density at radius 1 is 1.43 bits per heavy atom. The van der Waals surface area contributed by atoms with Gasteiger partial charge in [-0.05, 0) is 30.4 Å². The van der Waals surface area contributed by atoms with Gasteiger partial charge < -0.3 is 4.98 Å². The van der Waals surface area contributed by atoms with E-state index in [-0.39, 0.29) is 3.42 Å². The minimum Gasteiger partial charge on any atom is -0.346 e. The molecule has 2 rings (SSSR count). The van der Waals surface area contributed by atoms with Gasteiger partial charge in [-0.2, -0.15) is 0 Å². The summed E-state index contributed by atoms with van der Waals surface area (Å²) in [6, 6.07) is 3.97. The molecule has 0 radical (unpaired) electrons. The van der Waals surface area contributed by atoms with Gasteiger partial charge in [0.25, 0.3) is 0 Å².